The summed E-state index contributed by atoms with van der Waals surface area (Å²) in [7, 11) is -4.58. The van der Waals surface area contributed by atoms with Crippen molar-refractivity contribution in [1.82, 2.24) is 0 Å². The summed E-state index contributed by atoms with van der Waals surface area (Å²) in [5.74, 6) is -1.10. The monoisotopic (exact) mass is 302 g/mol. The van der Waals surface area contributed by atoms with Crippen molar-refractivity contribution in [3.63, 3.8) is 0 Å². The minimum Gasteiger partial charge on any atom is -0.478 e. The van der Waals surface area contributed by atoms with Crippen molar-refractivity contribution >= 4 is 26.6 Å². The van der Waals surface area contributed by atoms with Gasteiger partial charge in [0.2, 0.25) is 0 Å². The minimum absolute atomic E-state index is 0.0566. The molecule has 1 N–H and O–H groups in total. The topological polar surface area (TPSA) is 88.5 Å². The zero-order chi connectivity index (χ0) is 14.2. The molecule has 104 valence electrons. The molecule has 0 radical (unpaired) electrons. The van der Waals surface area contributed by atoms with Gasteiger partial charge in [0.1, 0.15) is 0 Å². The van der Waals surface area contributed by atoms with Crippen LogP contribution in [0.4, 0.5) is 0 Å². The summed E-state index contributed by atoms with van der Waals surface area (Å²) in [6, 6.07) is 4.57. The molecule has 0 spiro atoms. The van der Waals surface area contributed by atoms with Gasteiger partial charge >= 0.3 is 5.97 Å². The van der Waals surface area contributed by atoms with Gasteiger partial charge in [-0.25, -0.2) is 13.2 Å². The van der Waals surface area contributed by atoms with Gasteiger partial charge in [-0.1, -0.05) is 6.07 Å². The molecule has 1 aliphatic rings. The average Bonchev–Trinajstić information content (AvgIpc) is 2.69. The zero-order valence-corrected chi connectivity index (χ0v) is 12.0. The third-order valence-corrected chi connectivity index (χ3v) is 6.87. The molecule has 2 unspecified atom stereocenters. The van der Waals surface area contributed by atoms with Crippen molar-refractivity contribution in [3.8, 4) is 0 Å². The van der Waals surface area contributed by atoms with E-state index < -0.39 is 31.9 Å². The Morgan fingerprint density at radius 1 is 1.42 bits per heavy atom. The van der Waals surface area contributed by atoms with Crippen LogP contribution >= 0.6 is 0 Å². The van der Waals surface area contributed by atoms with Gasteiger partial charge in [-0.3, -0.25) is 4.21 Å². The van der Waals surface area contributed by atoms with Gasteiger partial charge in [0.25, 0.3) is 0 Å². The summed E-state index contributed by atoms with van der Waals surface area (Å²) in [5, 5.41) is 8.59. The van der Waals surface area contributed by atoms with Gasteiger partial charge < -0.3 is 5.11 Å². The highest BCUT2D eigenvalue weighted by Crippen LogP contribution is 2.23. The van der Waals surface area contributed by atoms with Gasteiger partial charge in [-0.2, -0.15) is 0 Å². The molecule has 1 heterocycles. The summed E-state index contributed by atoms with van der Waals surface area (Å²) < 4.78 is 35.0. The molecule has 7 heteroatoms. The van der Waals surface area contributed by atoms with Crippen molar-refractivity contribution < 1.29 is 22.5 Å². The van der Waals surface area contributed by atoms with Gasteiger partial charge in [-0.15, -0.1) is 0 Å². The molecular formula is C12H14O5S2. The Bertz CT molecular complexity index is 648. The fourth-order valence-corrected chi connectivity index (χ4v) is 6.04. The predicted octanol–water partition coefficient (Wildman–Crippen LogP) is 0.988. The van der Waals surface area contributed by atoms with Crippen LogP contribution in [0.15, 0.2) is 23.1 Å². The third kappa shape index (κ3) is 3.03. The molecule has 19 heavy (non-hydrogen) atoms. The van der Waals surface area contributed by atoms with E-state index in [-0.39, 0.29) is 17.1 Å². The molecule has 2 rings (SSSR count). The van der Waals surface area contributed by atoms with E-state index in [1.165, 1.54) is 6.07 Å². The summed E-state index contributed by atoms with van der Waals surface area (Å²) in [6.07, 6.45) is 0.366. The molecular weight excluding hydrogens is 288 g/mol. The quantitative estimate of drug-likeness (QED) is 0.899. The maximum atomic E-state index is 12.3. The van der Waals surface area contributed by atoms with E-state index in [9.17, 15) is 17.4 Å². The first-order valence-electron chi connectivity index (χ1n) is 5.75. The van der Waals surface area contributed by atoms with Crippen LogP contribution < -0.4 is 0 Å². The lowest BCUT2D eigenvalue weighted by molar-refractivity contribution is 0.0696. The maximum Gasteiger partial charge on any atom is 0.335 e. The summed E-state index contributed by atoms with van der Waals surface area (Å²) in [5.41, 5.74) is 0.694. The zero-order valence-electron chi connectivity index (χ0n) is 10.3. The number of rotatable bonds is 3. The highest BCUT2D eigenvalue weighted by atomic mass is 32.2. The van der Waals surface area contributed by atoms with E-state index in [0.717, 1.165) is 0 Å². The number of carboxylic acid groups (broad SMARTS) is 1. The van der Waals surface area contributed by atoms with Crippen LogP contribution in [0, 0.1) is 6.92 Å². The Morgan fingerprint density at radius 2 is 2.11 bits per heavy atom. The summed E-state index contributed by atoms with van der Waals surface area (Å²) in [4.78, 5) is 11.4. The molecule has 0 aliphatic carbocycles. The second-order valence-corrected chi connectivity index (χ2v) is 8.57. The Labute approximate surface area is 114 Å². The third-order valence-electron chi connectivity index (χ3n) is 3.17. The average molecular weight is 302 g/mol. The Kier molecular flexibility index (Phi) is 3.78. The highest BCUT2D eigenvalue weighted by molar-refractivity contribution is 7.94. The number of aryl methyl sites for hydroxylation is 1. The molecule has 1 aliphatic heterocycles. The molecule has 0 bridgehead atoms. The number of aromatic carboxylic acids is 1. The van der Waals surface area contributed by atoms with E-state index in [2.05, 4.69) is 0 Å². The Hall–Kier alpha value is -1.21. The SMILES string of the molecule is Cc1ccc(S(=O)C2CCS(=O)(=O)C2)cc1C(=O)O. The van der Waals surface area contributed by atoms with Crippen LogP contribution in [0.1, 0.15) is 22.3 Å². The maximum absolute atomic E-state index is 12.3. The summed E-state index contributed by atoms with van der Waals surface area (Å²) in [6.45, 7) is 1.66. The molecule has 1 aromatic carbocycles. The van der Waals surface area contributed by atoms with Crippen LogP contribution in [0.3, 0.4) is 0 Å². The number of hydrogen-bond donors (Lipinski definition) is 1. The first-order valence-corrected chi connectivity index (χ1v) is 8.78. The van der Waals surface area contributed by atoms with Crippen molar-refractivity contribution in [3.05, 3.63) is 29.3 Å². The minimum atomic E-state index is -3.09. The van der Waals surface area contributed by atoms with Gasteiger partial charge in [0, 0.05) is 4.90 Å². The highest BCUT2D eigenvalue weighted by Gasteiger charge is 2.32. The lowest BCUT2D eigenvalue weighted by atomic mass is 10.1. The van der Waals surface area contributed by atoms with E-state index >= 15 is 0 Å². The molecule has 5 nitrogen and oxygen atoms in total. The molecule has 1 aromatic rings. The lowest BCUT2D eigenvalue weighted by Crippen LogP contribution is -2.17. The number of carbonyl (C=O) groups is 1. The smallest absolute Gasteiger partial charge is 0.335 e. The van der Waals surface area contributed by atoms with Crippen molar-refractivity contribution in [2.75, 3.05) is 11.5 Å². The number of sulfone groups is 1. The van der Waals surface area contributed by atoms with E-state index in [0.29, 0.717) is 16.9 Å². The fraction of sp³-hybridized carbons (Fsp3) is 0.417. The fourth-order valence-electron chi connectivity index (χ4n) is 2.08. The normalized spacial score (nSPS) is 23.1. The van der Waals surface area contributed by atoms with Crippen LogP contribution in [-0.4, -0.2) is 40.5 Å². The first kappa shape index (κ1) is 14.2. The Balaban J connectivity index is 2.30. The second-order valence-electron chi connectivity index (χ2n) is 4.60. The molecule has 0 saturated carbocycles. The molecule has 1 fully saturated rings. The van der Waals surface area contributed by atoms with Crippen LogP contribution in [0.25, 0.3) is 0 Å². The molecule has 0 amide bonds. The van der Waals surface area contributed by atoms with Crippen molar-refractivity contribution in [2.24, 2.45) is 0 Å². The van der Waals surface area contributed by atoms with Gasteiger partial charge in [0.15, 0.2) is 9.84 Å². The van der Waals surface area contributed by atoms with Crippen molar-refractivity contribution in [1.29, 1.82) is 0 Å². The standard InChI is InChI=1S/C12H14O5S2/c1-8-2-3-9(6-11(8)12(13)14)18(15)10-4-5-19(16,17)7-10/h2-3,6,10H,4-5,7H2,1H3,(H,13,14). The van der Waals surface area contributed by atoms with E-state index in [1.807, 2.05) is 0 Å². The summed E-state index contributed by atoms with van der Waals surface area (Å²) >= 11 is 0. The largest absolute Gasteiger partial charge is 0.478 e. The number of benzene rings is 1. The number of hydrogen-bond acceptors (Lipinski definition) is 4. The number of carboxylic acids is 1. The molecule has 1 saturated heterocycles. The van der Waals surface area contributed by atoms with Crippen LogP contribution in [-0.2, 0) is 20.6 Å². The van der Waals surface area contributed by atoms with Gasteiger partial charge in [-0.05, 0) is 31.0 Å². The predicted molar refractivity (Wildman–Crippen MR) is 71.6 cm³/mol. The molecule has 0 aromatic heterocycles. The van der Waals surface area contributed by atoms with E-state index in [4.69, 9.17) is 5.11 Å². The lowest BCUT2D eigenvalue weighted by Gasteiger charge is -2.09. The van der Waals surface area contributed by atoms with E-state index in [1.54, 1.807) is 19.1 Å². The second kappa shape index (κ2) is 5.05. The Morgan fingerprint density at radius 3 is 2.63 bits per heavy atom. The molecule has 2 atom stereocenters. The van der Waals surface area contributed by atoms with Crippen LogP contribution in [0.5, 0.6) is 0 Å². The van der Waals surface area contributed by atoms with Crippen LogP contribution in [0.2, 0.25) is 0 Å². The first-order chi connectivity index (χ1) is 8.80. The van der Waals surface area contributed by atoms with Crippen molar-refractivity contribution in [2.45, 2.75) is 23.5 Å². The van der Waals surface area contributed by atoms with Gasteiger partial charge in [0.05, 0.1) is 33.1 Å².